The molecule has 8 heteroatoms. The Morgan fingerprint density at radius 3 is 2.60 bits per heavy atom. The minimum atomic E-state index is -0.269. The summed E-state index contributed by atoms with van der Waals surface area (Å²) in [6, 6.07) is 13.5. The summed E-state index contributed by atoms with van der Waals surface area (Å²) in [7, 11) is 1.56. The Bertz CT molecular complexity index is 988. The van der Waals surface area contributed by atoms with Gasteiger partial charge in [-0.2, -0.15) is 0 Å². The Labute approximate surface area is 185 Å². The van der Waals surface area contributed by atoms with Crippen molar-refractivity contribution in [1.82, 2.24) is 10.2 Å². The third-order valence-electron chi connectivity index (χ3n) is 4.11. The number of methoxy groups -OCH3 is 1. The van der Waals surface area contributed by atoms with Crippen molar-refractivity contribution >= 4 is 34.1 Å². The van der Waals surface area contributed by atoms with Crippen molar-refractivity contribution in [2.24, 2.45) is 5.92 Å². The zero-order chi connectivity index (χ0) is 21.5. The number of nitrogens with one attached hydrogen (secondary N) is 1. The summed E-state index contributed by atoms with van der Waals surface area (Å²) in [5.41, 5.74) is 2.92. The molecule has 6 nitrogen and oxygen atoms in total. The second-order valence-electron chi connectivity index (χ2n) is 7.17. The van der Waals surface area contributed by atoms with E-state index in [4.69, 9.17) is 9.47 Å². The van der Waals surface area contributed by atoms with Gasteiger partial charge in [-0.3, -0.25) is 10.1 Å². The second kappa shape index (κ2) is 10.4. The fourth-order valence-electron chi connectivity index (χ4n) is 2.50. The summed E-state index contributed by atoms with van der Waals surface area (Å²) in [6.45, 7) is 6.79. The molecule has 3 rings (SSSR count). The normalized spacial score (nSPS) is 10.8. The molecule has 0 radical (unpaired) electrons. The lowest BCUT2D eigenvalue weighted by atomic mass is 10.2. The molecule has 0 bridgehead atoms. The van der Waals surface area contributed by atoms with Crippen LogP contribution < -0.4 is 14.8 Å². The molecule has 0 aliphatic carbocycles. The van der Waals surface area contributed by atoms with Crippen molar-refractivity contribution < 1.29 is 14.3 Å². The van der Waals surface area contributed by atoms with Crippen LogP contribution in [0.3, 0.4) is 0 Å². The average molecular weight is 444 g/mol. The molecule has 1 amide bonds. The van der Waals surface area contributed by atoms with Crippen LogP contribution in [0.4, 0.5) is 5.13 Å². The molecule has 0 atom stereocenters. The topological polar surface area (TPSA) is 73.3 Å². The minimum Gasteiger partial charge on any atom is -0.493 e. The maximum Gasteiger partial charge on any atom is 0.257 e. The van der Waals surface area contributed by atoms with Crippen molar-refractivity contribution in [2.45, 2.75) is 30.9 Å². The highest BCUT2D eigenvalue weighted by Gasteiger charge is 2.14. The van der Waals surface area contributed by atoms with Crippen molar-refractivity contribution in [2.75, 3.05) is 19.0 Å². The number of hydrogen-bond acceptors (Lipinski definition) is 7. The maximum atomic E-state index is 12.6. The largest absolute Gasteiger partial charge is 0.493 e. The van der Waals surface area contributed by atoms with E-state index in [2.05, 4.69) is 60.6 Å². The average Bonchev–Trinajstić information content (AvgIpc) is 3.18. The minimum absolute atomic E-state index is 0.269. The summed E-state index contributed by atoms with van der Waals surface area (Å²) in [6.07, 6.45) is 0. The first-order valence-corrected chi connectivity index (χ1v) is 11.4. The van der Waals surface area contributed by atoms with Crippen LogP contribution in [0, 0.1) is 12.8 Å². The Hall–Kier alpha value is -2.58. The molecule has 0 unspecified atom stereocenters. The number of carbonyl (C=O) groups is 1. The van der Waals surface area contributed by atoms with Gasteiger partial charge in [-0.05, 0) is 36.6 Å². The first kappa shape index (κ1) is 22.1. The van der Waals surface area contributed by atoms with Gasteiger partial charge in [0.1, 0.15) is 0 Å². The summed E-state index contributed by atoms with van der Waals surface area (Å²) in [4.78, 5) is 12.6. The molecule has 1 N–H and O–H groups in total. The highest BCUT2D eigenvalue weighted by molar-refractivity contribution is 8.00. The van der Waals surface area contributed by atoms with Crippen LogP contribution in [-0.4, -0.2) is 29.8 Å². The summed E-state index contributed by atoms with van der Waals surface area (Å²) < 4.78 is 11.9. The predicted molar refractivity (Wildman–Crippen MR) is 122 cm³/mol. The molecule has 30 heavy (non-hydrogen) atoms. The lowest BCUT2D eigenvalue weighted by Crippen LogP contribution is -2.12. The van der Waals surface area contributed by atoms with Gasteiger partial charge < -0.3 is 9.47 Å². The van der Waals surface area contributed by atoms with E-state index >= 15 is 0 Å². The molecule has 1 aromatic heterocycles. The molecule has 0 aliphatic rings. The van der Waals surface area contributed by atoms with Crippen LogP contribution >= 0.6 is 23.1 Å². The maximum absolute atomic E-state index is 12.6. The molecular formula is C22H25N3O3S2. The molecule has 0 fully saturated rings. The van der Waals surface area contributed by atoms with Crippen LogP contribution in [0.5, 0.6) is 11.5 Å². The number of aryl methyl sites for hydroxylation is 1. The number of aromatic nitrogens is 2. The third-order valence-corrected chi connectivity index (χ3v) is 6.15. The van der Waals surface area contributed by atoms with Gasteiger partial charge in [-0.1, -0.05) is 66.8 Å². The second-order valence-corrected chi connectivity index (χ2v) is 9.37. The zero-order valence-corrected chi connectivity index (χ0v) is 19.1. The number of rotatable bonds is 9. The van der Waals surface area contributed by atoms with E-state index in [0.717, 1.165) is 10.1 Å². The Kier molecular flexibility index (Phi) is 7.70. The number of nitrogens with zero attached hydrogens (tertiary/aromatic N) is 2. The van der Waals surface area contributed by atoms with Gasteiger partial charge in [0, 0.05) is 11.3 Å². The number of anilines is 1. The van der Waals surface area contributed by atoms with Crippen LogP contribution in [0.2, 0.25) is 0 Å². The van der Waals surface area contributed by atoms with Crippen LogP contribution in [-0.2, 0) is 5.75 Å². The molecule has 0 saturated heterocycles. The van der Waals surface area contributed by atoms with Gasteiger partial charge >= 0.3 is 0 Å². The van der Waals surface area contributed by atoms with Crippen LogP contribution in [0.1, 0.15) is 35.3 Å². The van der Waals surface area contributed by atoms with E-state index in [1.165, 1.54) is 22.5 Å². The van der Waals surface area contributed by atoms with E-state index in [0.29, 0.717) is 34.7 Å². The van der Waals surface area contributed by atoms with E-state index in [1.54, 1.807) is 37.1 Å². The Balaban J connectivity index is 1.59. The lowest BCUT2D eigenvalue weighted by molar-refractivity contribution is 0.102. The summed E-state index contributed by atoms with van der Waals surface area (Å²) in [5, 5.41) is 11.5. The molecule has 1 heterocycles. The number of amides is 1. The van der Waals surface area contributed by atoms with Crippen molar-refractivity contribution in [3.05, 3.63) is 59.2 Å². The van der Waals surface area contributed by atoms with Crippen LogP contribution in [0.25, 0.3) is 0 Å². The highest BCUT2D eigenvalue weighted by Crippen LogP contribution is 2.31. The molecule has 0 aliphatic heterocycles. The number of hydrogen-bond donors (Lipinski definition) is 1. The van der Waals surface area contributed by atoms with Crippen molar-refractivity contribution in [3.8, 4) is 11.5 Å². The monoisotopic (exact) mass is 443 g/mol. The SMILES string of the molecule is COc1cc(C(=O)Nc2nnc(SCc3ccc(C)cc3)s2)ccc1OCC(C)C. The molecule has 0 saturated carbocycles. The highest BCUT2D eigenvalue weighted by atomic mass is 32.2. The summed E-state index contributed by atoms with van der Waals surface area (Å²) >= 11 is 2.95. The lowest BCUT2D eigenvalue weighted by Gasteiger charge is -2.13. The predicted octanol–water partition coefficient (Wildman–Crippen LogP) is 5.43. The Morgan fingerprint density at radius 2 is 1.90 bits per heavy atom. The number of benzene rings is 2. The first-order valence-electron chi connectivity index (χ1n) is 9.58. The number of carbonyl (C=O) groups excluding carboxylic acids is 1. The Morgan fingerprint density at radius 1 is 1.13 bits per heavy atom. The number of ether oxygens (including phenoxy) is 2. The zero-order valence-electron chi connectivity index (χ0n) is 17.5. The summed E-state index contributed by atoms with van der Waals surface area (Å²) in [5.74, 6) is 2.07. The molecule has 2 aromatic carbocycles. The molecule has 3 aromatic rings. The van der Waals surface area contributed by atoms with E-state index in [1.807, 2.05) is 0 Å². The smallest absolute Gasteiger partial charge is 0.257 e. The fraction of sp³-hybridized carbons (Fsp3) is 0.318. The van der Waals surface area contributed by atoms with Gasteiger partial charge in [-0.25, -0.2) is 0 Å². The van der Waals surface area contributed by atoms with Gasteiger partial charge in [-0.15, -0.1) is 10.2 Å². The standard InChI is InChI=1S/C22H25N3O3S2/c1-14(2)12-28-18-10-9-17(11-19(18)27-4)20(26)23-21-24-25-22(30-21)29-13-16-7-5-15(3)6-8-16/h5-11,14H,12-13H2,1-4H3,(H,23,24,26). The van der Waals surface area contributed by atoms with Gasteiger partial charge in [0.15, 0.2) is 15.8 Å². The molecule has 0 spiro atoms. The van der Waals surface area contributed by atoms with Gasteiger partial charge in [0.2, 0.25) is 5.13 Å². The first-order chi connectivity index (χ1) is 14.4. The van der Waals surface area contributed by atoms with Crippen LogP contribution in [0.15, 0.2) is 46.8 Å². The fourth-order valence-corrected chi connectivity index (χ4v) is 4.20. The van der Waals surface area contributed by atoms with Crippen molar-refractivity contribution in [3.63, 3.8) is 0 Å². The van der Waals surface area contributed by atoms with Gasteiger partial charge in [0.25, 0.3) is 5.91 Å². The number of thioether (sulfide) groups is 1. The molecule has 158 valence electrons. The quantitative estimate of drug-likeness (QED) is 0.351. The van der Waals surface area contributed by atoms with E-state index in [9.17, 15) is 4.79 Å². The van der Waals surface area contributed by atoms with E-state index in [-0.39, 0.29) is 5.91 Å². The van der Waals surface area contributed by atoms with Crippen molar-refractivity contribution in [1.29, 1.82) is 0 Å². The van der Waals surface area contributed by atoms with Gasteiger partial charge in [0.05, 0.1) is 13.7 Å². The third kappa shape index (κ3) is 6.21. The molecular weight excluding hydrogens is 418 g/mol. The van der Waals surface area contributed by atoms with E-state index < -0.39 is 0 Å².